The molecule has 0 saturated heterocycles. The van der Waals surface area contributed by atoms with Gasteiger partial charge in [0.2, 0.25) is 0 Å². The summed E-state index contributed by atoms with van der Waals surface area (Å²) < 4.78 is 0. The fourth-order valence-corrected chi connectivity index (χ4v) is 3.95. The van der Waals surface area contributed by atoms with Crippen LogP contribution in [0.3, 0.4) is 0 Å². The van der Waals surface area contributed by atoms with Crippen molar-refractivity contribution in [1.82, 2.24) is 4.98 Å². The van der Waals surface area contributed by atoms with Gasteiger partial charge in [-0.2, -0.15) is 0 Å². The molecule has 2 nitrogen and oxygen atoms in total. The highest BCUT2D eigenvalue weighted by atomic mass is 14.7. The summed E-state index contributed by atoms with van der Waals surface area (Å²) in [6, 6.07) is 11.2. The van der Waals surface area contributed by atoms with E-state index < -0.39 is 0 Å². The van der Waals surface area contributed by atoms with E-state index in [1.807, 2.05) is 6.20 Å². The number of nitrogens with two attached hydrogens (primary N) is 1. The monoisotopic (exact) mass is 264 g/mol. The number of pyridine rings is 1. The van der Waals surface area contributed by atoms with Gasteiger partial charge < -0.3 is 5.73 Å². The molecule has 0 fully saturated rings. The summed E-state index contributed by atoms with van der Waals surface area (Å²) in [5.74, 6) is 0.472. The molecule has 0 bridgehead atoms. The molecule has 1 aromatic heterocycles. The number of hydrogen-bond donors (Lipinski definition) is 1. The number of aromatic nitrogens is 1. The van der Waals surface area contributed by atoms with Crippen LogP contribution in [0.15, 0.2) is 36.5 Å². The smallest absolute Gasteiger partial charge is 0.0510 e. The Morgan fingerprint density at radius 3 is 2.85 bits per heavy atom. The Labute approximate surface area is 120 Å². The van der Waals surface area contributed by atoms with E-state index in [9.17, 15) is 0 Å². The average molecular weight is 264 g/mol. The van der Waals surface area contributed by atoms with E-state index in [4.69, 9.17) is 10.7 Å². The molecule has 2 atom stereocenters. The fourth-order valence-electron chi connectivity index (χ4n) is 3.95. The summed E-state index contributed by atoms with van der Waals surface area (Å²) in [6.45, 7) is 0. The topological polar surface area (TPSA) is 38.9 Å². The average Bonchev–Trinajstić information content (AvgIpc) is 2.88. The van der Waals surface area contributed by atoms with Gasteiger partial charge in [0.1, 0.15) is 0 Å². The Hall–Kier alpha value is -1.67. The summed E-state index contributed by atoms with van der Waals surface area (Å²) in [4.78, 5) is 4.69. The van der Waals surface area contributed by atoms with Gasteiger partial charge in [-0.15, -0.1) is 0 Å². The maximum atomic E-state index is 6.22. The predicted octanol–water partition coefficient (Wildman–Crippen LogP) is 3.50. The lowest BCUT2D eigenvalue weighted by Crippen LogP contribution is -2.14. The van der Waals surface area contributed by atoms with Gasteiger partial charge in [0, 0.05) is 18.2 Å². The number of hydrogen-bond acceptors (Lipinski definition) is 2. The van der Waals surface area contributed by atoms with Crippen LogP contribution in [-0.2, 0) is 12.8 Å². The molecule has 1 heterocycles. The van der Waals surface area contributed by atoms with Crippen LogP contribution < -0.4 is 5.73 Å². The first-order valence-electron chi connectivity index (χ1n) is 7.65. The van der Waals surface area contributed by atoms with Crippen molar-refractivity contribution in [2.75, 3.05) is 0 Å². The normalized spacial score (nSPS) is 24.2. The Balaban J connectivity index is 1.84. The van der Waals surface area contributed by atoms with Gasteiger partial charge in [-0.05, 0) is 60.4 Å². The van der Waals surface area contributed by atoms with E-state index in [0.717, 1.165) is 12.8 Å². The molecule has 102 valence electrons. The van der Waals surface area contributed by atoms with Crippen molar-refractivity contribution in [3.8, 4) is 0 Å². The first-order valence-corrected chi connectivity index (χ1v) is 7.65. The maximum Gasteiger partial charge on any atom is 0.0510 e. The lowest BCUT2D eigenvalue weighted by atomic mass is 9.80. The van der Waals surface area contributed by atoms with Crippen molar-refractivity contribution in [2.45, 2.75) is 44.1 Å². The van der Waals surface area contributed by atoms with Crippen LogP contribution in [0.25, 0.3) is 0 Å². The molecule has 0 radical (unpaired) electrons. The zero-order valence-corrected chi connectivity index (χ0v) is 11.7. The third kappa shape index (κ3) is 1.79. The van der Waals surface area contributed by atoms with E-state index in [-0.39, 0.29) is 6.04 Å². The molecule has 2 aromatic rings. The van der Waals surface area contributed by atoms with Crippen molar-refractivity contribution in [3.05, 3.63) is 64.5 Å². The minimum absolute atomic E-state index is 0.233. The highest BCUT2D eigenvalue weighted by molar-refractivity contribution is 5.46. The van der Waals surface area contributed by atoms with E-state index in [1.54, 1.807) is 0 Å². The zero-order chi connectivity index (χ0) is 13.5. The Morgan fingerprint density at radius 2 is 1.90 bits per heavy atom. The molecule has 0 saturated carbocycles. The number of nitrogens with zero attached hydrogens (tertiary/aromatic N) is 1. The first kappa shape index (κ1) is 12.1. The van der Waals surface area contributed by atoms with E-state index >= 15 is 0 Å². The third-order valence-corrected chi connectivity index (χ3v) is 4.92. The molecular formula is C18H20N2. The van der Waals surface area contributed by atoms with Crippen molar-refractivity contribution < 1.29 is 0 Å². The molecular weight excluding hydrogens is 244 g/mol. The first-order chi connectivity index (χ1) is 9.84. The van der Waals surface area contributed by atoms with Crippen molar-refractivity contribution >= 4 is 0 Å². The highest BCUT2D eigenvalue weighted by Gasteiger charge is 2.28. The van der Waals surface area contributed by atoms with Gasteiger partial charge >= 0.3 is 0 Å². The standard InChI is InChI=1S/C18H20N2/c19-17-10-9-14-13(6-2-7-15(14)17)16-8-1-4-12-5-3-11-20-18(12)16/h2-3,5-7,11,16-17H,1,4,8-10,19H2. The van der Waals surface area contributed by atoms with Crippen molar-refractivity contribution in [3.63, 3.8) is 0 Å². The zero-order valence-electron chi connectivity index (χ0n) is 11.7. The van der Waals surface area contributed by atoms with Crippen LogP contribution in [0.5, 0.6) is 0 Å². The highest BCUT2D eigenvalue weighted by Crippen LogP contribution is 2.41. The molecule has 1 aromatic carbocycles. The molecule has 2 aliphatic carbocycles. The Kier molecular flexibility index (Phi) is 2.85. The summed E-state index contributed by atoms with van der Waals surface area (Å²) in [6.07, 6.45) is 7.81. The predicted molar refractivity (Wildman–Crippen MR) is 80.7 cm³/mol. The molecule has 2 N–H and O–H groups in total. The molecule has 0 amide bonds. The molecule has 2 unspecified atom stereocenters. The molecule has 0 aliphatic heterocycles. The van der Waals surface area contributed by atoms with Crippen LogP contribution in [0.4, 0.5) is 0 Å². The van der Waals surface area contributed by atoms with Gasteiger partial charge in [0.05, 0.1) is 5.69 Å². The van der Waals surface area contributed by atoms with Crippen LogP contribution >= 0.6 is 0 Å². The van der Waals surface area contributed by atoms with Gasteiger partial charge in [-0.3, -0.25) is 4.98 Å². The minimum atomic E-state index is 0.233. The quantitative estimate of drug-likeness (QED) is 0.856. The molecule has 0 spiro atoms. The maximum absolute atomic E-state index is 6.22. The van der Waals surface area contributed by atoms with Gasteiger partial charge in [0.25, 0.3) is 0 Å². The van der Waals surface area contributed by atoms with Crippen LogP contribution in [0.1, 0.15) is 59.2 Å². The number of fused-ring (bicyclic) bond motifs is 2. The largest absolute Gasteiger partial charge is 0.324 e. The molecule has 20 heavy (non-hydrogen) atoms. The Bertz CT molecular complexity index is 648. The summed E-state index contributed by atoms with van der Waals surface area (Å²) in [7, 11) is 0. The van der Waals surface area contributed by atoms with E-state index in [1.165, 1.54) is 47.2 Å². The number of rotatable bonds is 1. The molecule has 2 aliphatic rings. The van der Waals surface area contributed by atoms with Gasteiger partial charge in [-0.1, -0.05) is 24.3 Å². The van der Waals surface area contributed by atoms with Crippen molar-refractivity contribution in [1.29, 1.82) is 0 Å². The second kappa shape index (κ2) is 4.71. The lowest BCUT2D eigenvalue weighted by Gasteiger charge is -2.26. The van der Waals surface area contributed by atoms with Crippen LogP contribution in [0.2, 0.25) is 0 Å². The summed E-state index contributed by atoms with van der Waals surface area (Å²) in [5.41, 5.74) is 13.3. The number of benzene rings is 1. The summed E-state index contributed by atoms with van der Waals surface area (Å²) >= 11 is 0. The minimum Gasteiger partial charge on any atom is -0.324 e. The van der Waals surface area contributed by atoms with Crippen LogP contribution in [-0.4, -0.2) is 4.98 Å². The summed E-state index contributed by atoms with van der Waals surface area (Å²) in [5, 5.41) is 0. The fraction of sp³-hybridized carbons (Fsp3) is 0.389. The Morgan fingerprint density at radius 1 is 1.00 bits per heavy atom. The van der Waals surface area contributed by atoms with Crippen LogP contribution in [0, 0.1) is 0 Å². The second-order valence-corrected chi connectivity index (χ2v) is 6.05. The lowest BCUT2D eigenvalue weighted by molar-refractivity contribution is 0.595. The van der Waals surface area contributed by atoms with Gasteiger partial charge in [-0.25, -0.2) is 0 Å². The number of aryl methyl sites for hydroxylation is 1. The van der Waals surface area contributed by atoms with Crippen molar-refractivity contribution in [2.24, 2.45) is 5.73 Å². The van der Waals surface area contributed by atoms with E-state index in [2.05, 4.69) is 30.3 Å². The molecule has 2 heteroatoms. The van der Waals surface area contributed by atoms with Gasteiger partial charge in [0.15, 0.2) is 0 Å². The third-order valence-electron chi connectivity index (χ3n) is 4.92. The SMILES string of the molecule is NC1CCc2c1cccc2C1CCCc2cccnc21. The molecule has 4 rings (SSSR count). The van der Waals surface area contributed by atoms with E-state index in [0.29, 0.717) is 5.92 Å². The second-order valence-electron chi connectivity index (χ2n) is 6.05.